The molecular formula is C24H30N2O2. The van der Waals surface area contributed by atoms with Gasteiger partial charge in [-0.25, -0.2) is 0 Å². The topological polar surface area (TPSA) is 49.4 Å². The van der Waals surface area contributed by atoms with Crippen molar-refractivity contribution in [3.05, 3.63) is 70.8 Å². The molecule has 1 N–H and O–H groups in total. The van der Waals surface area contributed by atoms with Gasteiger partial charge in [-0.15, -0.1) is 0 Å². The smallest absolute Gasteiger partial charge is 0.292 e. The number of amides is 1. The Kier molecular flexibility index (Phi) is 6.30. The number of carbonyl (C=O) groups is 2. The summed E-state index contributed by atoms with van der Waals surface area (Å²) in [5.41, 5.74) is 3.87. The zero-order valence-electron chi connectivity index (χ0n) is 17.1. The molecule has 0 spiro atoms. The highest BCUT2D eigenvalue weighted by Crippen LogP contribution is 2.22. The third kappa shape index (κ3) is 5.08. The van der Waals surface area contributed by atoms with Crippen LogP contribution in [-0.4, -0.2) is 29.7 Å². The van der Waals surface area contributed by atoms with Gasteiger partial charge in [0.05, 0.1) is 0 Å². The summed E-state index contributed by atoms with van der Waals surface area (Å²) in [7, 11) is 0. The van der Waals surface area contributed by atoms with Crippen molar-refractivity contribution in [3.63, 3.8) is 0 Å². The lowest BCUT2D eigenvalue weighted by molar-refractivity contribution is -0.117. The average molecular weight is 379 g/mol. The number of Topliss-reactive ketones (excluding diaryl/α,β-unsaturated/α-hetero) is 1. The van der Waals surface area contributed by atoms with Crippen molar-refractivity contribution in [3.8, 4) is 0 Å². The molecule has 1 fully saturated rings. The van der Waals surface area contributed by atoms with E-state index >= 15 is 0 Å². The molecule has 0 radical (unpaired) electrons. The number of rotatable bonds is 6. The molecule has 0 unspecified atom stereocenters. The number of carbonyl (C=O) groups excluding carboxylic acids is 2. The molecule has 0 atom stereocenters. The van der Waals surface area contributed by atoms with Crippen LogP contribution >= 0.6 is 0 Å². The minimum Gasteiger partial charge on any atom is -0.345 e. The van der Waals surface area contributed by atoms with Crippen LogP contribution in [-0.2, 0) is 23.3 Å². The Morgan fingerprint density at radius 2 is 1.54 bits per heavy atom. The van der Waals surface area contributed by atoms with Crippen LogP contribution in [0.2, 0.25) is 0 Å². The number of hydrogen-bond donors (Lipinski definition) is 1. The number of likely N-dealkylation sites (tertiary alicyclic amines) is 1. The van der Waals surface area contributed by atoms with Gasteiger partial charge in [0.1, 0.15) is 0 Å². The van der Waals surface area contributed by atoms with E-state index in [-0.39, 0.29) is 5.41 Å². The maximum absolute atomic E-state index is 12.5. The number of benzene rings is 2. The first-order valence-electron chi connectivity index (χ1n) is 10.1. The van der Waals surface area contributed by atoms with Gasteiger partial charge in [0.15, 0.2) is 0 Å². The lowest BCUT2D eigenvalue weighted by atomic mass is 9.86. The fourth-order valence-electron chi connectivity index (χ4n) is 3.57. The summed E-state index contributed by atoms with van der Waals surface area (Å²) < 4.78 is 0. The predicted octanol–water partition coefficient (Wildman–Crippen LogP) is 4.08. The fourth-order valence-corrected chi connectivity index (χ4v) is 3.57. The van der Waals surface area contributed by atoms with Crippen molar-refractivity contribution in [2.24, 2.45) is 0 Å². The van der Waals surface area contributed by atoms with Gasteiger partial charge in [-0.05, 0) is 48.0 Å². The quantitative estimate of drug-likeness (QED) is 0.609. The molecule has 2 aromatic rings. The second-order valence-corrected chi connectivity index (χ2v) is 8.59. The molecule has 1 amide bonds. The van der Waals surface area contributed by atoms with Gasteiger partial charge in [0.2, 0.25) is 5.78 Å². The van der Waals surface area contributed by atoms with Crippen LogP contribution in [0.4, 0.5) is 0 Å². The van der Waals surface area contributed by atoms with E-state index < -0.39 is 11.7 Å². The van der Waals surface area contributed by atoms with Crippen molar-refractivity contribution >= 4 is 11.7 Å². The van der Waals surface area contributed by atoms with Gasteiger partial charge in [0, 0.05) is 18.7 Å². The van der Waals surface area contributed by atoms with Gasteiger partial charge >= 0.3 is 0 Å². The third-order valence-electron chi connectivity index (χ3n) is 5.37. The SMILES string of the molecule is CC(C)(C)c1ccc(C(=O)C(=O)NCc2ccccc2CN2CCCC2)cc1. The molecule has 4 nitrogen and oxygen atoms in total. The highest BCUT2D eigenvalue weighted by molar-refractivity contribution is 6.42. The minimum atomic E-state index is -0.556. The Morgan fingerprint density at radius 3 is 2.14 bits per heavy atom. The third-order valence-corrected chi connectivity index (χ3v) is 5.37. The van der Waals surface area contributed by atoms with E-state index in [1.165, 1.54) is 18.4 Å². The molecule has 3 rings (SSSR count). The summed E-state index contributed by atoms with van der Waals surface area (Å²) >= 11 is 0. The molecule has 1 aliphatic rings. The van der Waals surface area contributed by atoms with E-state index in [4.69, 9.17) is 0 Å². The van der Waals surface area contributed by atoms with Gasteiger partial charge in [0.25, 0.3) is 5.91 Å². The molecule has 1 heterocycles. The summed E-state index contributed by atoms with van der Waals surface area (Å²) in [5, 5.41) is 2.80. The molecule has 4 heteroatoms. The van der Waals surface area contributed by atoms with Crippen LogP contribution in [0.15, 0.2) is 48.5 Å². The first-order chi connectivity index (χ1) is 13.3. The summed E-state index contributed by atoms with van der Waals surface area (Å²) in [6.45, 7) is 9.89. The molecule has 0 saturated carbocycles. The summed E-state index contributed by atoms with van der Waals surface area (Å²) in [4.78, 5) is 27.3. The second-order valence-electron chi connectivity index (χ2n) is 8.59. The Bertz CT molecular complexity index is 828. The van der Waals surface area contributed by atoms with Crippen LogP contribution in [0, 0.1) is 0 Å². The highest BCUT2D eigenvalue weighted by atomic mass is 16.2. The fraction of sp³-hybridized carbons (Fsp3) is 0.417. The van der Waals surface area contributed by atoms with Crippen molar-refractivity contribution in [2.45, 2.75) is 52.1 Å². The first-order valence-corrected chi connectivity index (χ1v) is 10.1. The van der Waals surface area contributed by atoms with E-state index in [2.05, 4.69) is 37.1 Å². The second kappa shape index (κ2) is 8.70. The van der Waals surface area contributed by atoms with Gasteiger partial charge < -0.3 is 5.32 Å². The molecule has 1 aliphatic heterocycles. The minimum absolute atomic E-state index is 0.0168. The van der Waals surface area contributed by atoms with Crippen LogP contribution in [0.1, 0.15) is 60.7 Å². The summed E-state index contributed by atoms with van der Waals surface area (Å²) in [5.74, 6) is -1.04. The van der Waals surface area contributed by atoms with Crippen LogP contribution in [0.3, 0.4) is 0 Å². The Hall–Kier alpha value is -2.46. The summed E-state index contributed by atoms with van der Waals surface area (Å²) in [6.07, 6.45) is 2.50. The van der Waals surface area contributed by atoms with Crippen molar-refractivity contribution in [1.82, 2.24) is 10.2 Å². The van der Waals surface area contributed by atoms with Crippen LogP contribution in [0.5, 0.6) is 0 Å². The molecular weight excluding hydrogens is 348 g/mol. The molecule has 0 aliphatic carbocycles. The average Bonchev–Trinajstić information content (AvgIpc) is 3.19. The van der Waals surface area contributed by atoms with Crippen LogP contribution in [0.25, 0.3) is 0 Å². The van der Waals surface area contributed by atoms with Crippen molar-refractivity contribution < 1.29 is 9.59 Å². The standard InChI is InChI=1S/C24H30N2O2/c1-24(2,3)21-12-10-18(11-13-21)22(27)23(28)25-16-19-8-4-5-9-20(19)17-26-14-6-7-15-26/h4-5,8-13H,6-7,14-17H2,1-3H3,(H,25,28). The first kappa shape index (κ1) is 20.3. The zero-order valence-corrected chi connectivity index (χ0v) is 17.1. The largest absolute Gasteiger partial charge is 0.345 e. The highest BCUT2D eigenvalue weighted by Gasteiger charge is 2.19. The van der Waals surface area contributed by atoms with E-state index in [1.807, 2.05) is 30.3 Å². The number of nitrogens with one attached hydrogen (secondary N) is 1. The number of nitrogens with zero attached hydrogens (tertiary/aromatic N) is 1. The van der Waals surface area contributed by atoms with E-state index in [9.17, 15) is 9.59 Å². The molecule has 0 bridgehead atoms. The van der Waals surface area contributed by atoms with Gasteiger partial charge in [-0.1, -0.05) is 69.3 Å². The van der Waals surface area contributed by atoms with E-state index in [1.54, 1.807) is 12.1 Å². The molecule has 0 aromatic heterocycles. The maximum Gasteiger partial charge on any atom is 0.292 e. The molecule has 28 heavy (non-hydrogen) atoms. The van der Waals surface area contributed by atoms with E-state index in [0.29, 0.717) is 12.1 Å². The Labute approximate surface area is 167 Å². The normalized spacial score (nSPS) is 14.8. The maximum atomic E-state index is 12.5. The van der Waals surface area contributed by atoms with Crippen molar-refractivity contribution in [2.75, 3.05) is 13.1 Å². The lowest BCUT2D eigenvalue weighted by Gasteiger charge is -2.19. The molecule has 2 aromatic carbocycles. The monoisotopic (exact) mass is 378 g/mol. The molecule has 148 valence electrons. The zero-order chi connectivity index (χ0) is 20.1. The molecule has 1 saturated heterocycles. The van der Waals surface area contributed by atoms with E-state index in [0.717, 1.165) is 30.8 Å². The van der Waals surface area contributed by atoms with Gasteiger partial charge in [-0.2, -0.15) is 0 Å². The predicted molar refractivity (Wildman–Crippen MR) is 112 cm³/mol. The van der Waals surface area contributed by atoms with Crippen LogP contribution < -0.4 is 5.32 Å². The lowest BCUT2D eigenvalue weighted by Crippen LogP contribution is -2.31. The Morgan fingerprint density at radius 1 is 0.929 bits per heavy atom. The number of hydrogen-bond acceptors (Lipinski definition) is 3. The summed E-state index contributed by atoms with van der Waals surface area (Å²) in [6, 6.07) is 15.5. The van der Waals surface area contributed by atoms with Gasteiger partial charge in [-0.3, -0.25) is 14.5 Å². The Balaban J connectivity index is 1.61. The number of ketones is 1. The van der Waals surface area contributed by atoms with Crippen molar-refractivity contribution in [1.29, 1.82) is 0 Å².